The minimum absolute atomic E-state index is 0.101. The Morgan fingerprint density at radius 2 is 0.560 bits per heavy atom. The summed E-state index contributed by atoms with van der Waals surface area (Å²) >= 11 is 0. The van der Waals surface area contributed by atoms with E-state index in [1.54, 1.807) is 0 Å². The molecule has 0 aliphatic rings. The van der Waals surface area contributed by atoms with E-state index in [4.69, 9.17) is 37.0 Å². The normalized spacial score (nSPS) is 14.6. The molecule has 0 fully saturated rings. The van der Waals surface area contributed by atoms with E-state index in [1.165, 1.54) is 199 Å². The zero-order valence-corrected chi connectivity index (χ0v) is 66.8. The number of carbonyl (C=O) groups excluding carboxylic acids is 4. The molecule has 0 saturated heterocycles. The Hall–Kier alpha value is -2.46. The molecule has 3 N–H and O–H groups in total. The van der Waals surface area contributed by atoms with Crippen LogP contribution in [0.4, 0.5) is 0 Å². The Labute approximate surface area is 612 Å². The van der Waals surface area contributed by atoms with Crippen molar-refractivity contribution in [3.8, 4) is 0 Å². The quantitative estimate of drug-likeness (QED) is 0.0169. The first-order valence-electron chi connectivity index (χ1n) is 41.4. The zero-order chi connectivity index (χ0) is 73.5. The number of aliphatic hydroxyl groups is 1. The van der Waals surface area contributed by atoms with Crippen molar-refractivity contribution in [2.45, 2.75) is 419 Å². The summed E-state index contributed by atoms with van der Waals surface area (Å²) in [6.45, 7) is 9.63. The molecule has 0 saturated carbocycles. The standard InChI is InChI=1S/C81H154O17P2/c1-7-11-13-15-17-19-21-23-25-30-34-38-45-51-57-63-78(83)91-69-76(97-80(85)66-60-54-48-40-36-32-28-27-29-33-37-43-49-55-61-73(5)9-3)71-95-99(87,88)93-67-75(82)68-94-100(89,90)96-72-77(70-92-79(84)64-58-52-46-42-41-44-50-56-62-74(6)10-4)98-81(86)65-59-53-47-39-35-31-26-24-22-20-18-16-14-12-8-2/h19,21,23,25,73-77,82H,7-18,20,22,24,26-72H2,1-6H3,(H,87,88)(H,89,90)/b21-19-,25-23-/t73?,74?,75-,76-,77-/m1/s1. The number of rotatable bonds is 78. The van der Waals surface area contributed by atoms with Gasteiger partial charge in [-0.3, -0.25) is 37.3 Å². The molecular formula is C81H154O17P2. The first kappa shape index (κ1) is 97.5. The molecule has 4 unspecified atom stereocenters. The molecule has 0 aliphatic heterocycles. The van der Waals surface area contributed by atoms with Gasteiger partial charge in [-0.15, -0.1) is 0 Å². The van der Waals surface area contributed by atoms with Gasteiger partial charge in [0.25, 0.3) is 0 Å². The van der Waals surface area contributed by atoms with E-state index >= 15 is 0 Å². The topological polar surface area (TPSA) is 237 Å². The van der Waals surface area contributed by atoms with Crippen molar-refractivity contribution in [2.24, 2.45) is 11.8 Å². The second kappa shape index (κ2) is 72.1. The van der Waals surface area contributed by atoms with E-state index in [1.807, 2.05) is 0 Å². The fourth-order valence-corrected chi connectivity index (χ4v) is 13.5. The lowest BCUT2D eigenvalue weighted by molar-refractivity contribution is -0.161. The predicted molar refractivity (Wildman–Crippen MR) is 409 cm³/mol. The molecule has 0 spiro atoms. The van der Waals surface area contributed by atoms with Crippen LogP contribution >= 0.6 is 15.6 Å². The van der Waals surface area contributed by atoms with Crippen LogP contribution in [-0.2, 0) is 65.4 Å². The van der Waals surface area contributed by atoms with E-state index in [2.05, 4.69) is 65.8 Å². The Balaban J connectivity index is 5.30. The minimum atomic E-state index is -4.97. The molecule has 0 bridgehead atoms. The lowest BCUT2D eigenvalue weighted by atomic mass is 9.99. The maximum Gasteiger partial charge on any atom is 0.472 e. The molecule has 590 valence electrons. The molecule has 19 heteroatoms. The fourth-order valence-electron chi connectivity index (χ4n) is 11.9. The van der Waals surface area contributed by atoms with Crippen molar-refractivity contribution in [3.63, 3.8) is 0 Å². The number of allylic oxidation sites excluding steroid dienone is 4. The van der Waals surface area contributed by atoms with Gasteiger partial charge >= 0.3 is 39.5 Å². The third-order valence-corrected chi connectivity index (χ3v) is 21.0. The molecule has 0 aromatic carbocycles. The van der Waals surface area contributed by atoms with Gasteiger partial charge in [-0.25, -0.2) is 9.13 Å². The highest BCUT2D eigenvalue weighted by atomic mass is 31.2. The first-order valence-corrected chi connectivity index (χ1v) is 44.4. The van der Waals surface area contributed by atoms with Crippen molar-refractivity contribution >= 4 is 39.5 Å². The van der Waals surface area contributed by atoms with Gasteiger partial charge in [0, 0.05) is 25.7 Å². The largest absolute Gasteiger partial charge is 0.472 e. The smallest absolute Gasteiger partial charge is 0.462 e. The van der Waals surface area contributed by atoms with Crippen LogP contribution < -0.4 is 0 Å². The number of hydrogen-bond donors (Lipinski definition) is 3. The van der Waals surface area contributed by atoms with Crippen LogP contribution in [0.5, 0.6) is 0 Å². The van der Waals surface area contributed by atoms with Gasteiger partial charge in [0.1, 0.15) is 19.3 Å². The third-order valence-electron chi connectivity index (χ3n) is 19.1. The van der Waals surface area contributed by atoms with Gasteiger partial charge in [0.05, 0.1) is 26.4 Å². The molecule has 0 heterocycles. The van der Waals surface area contributed by atoms with Gasteiger partial charge in [0.2, 0.25) is 0 Å². The molecule has 0 aliphatic carbocycles. The number of aliphatic hydroxyl groups excluding tert-OH is 1. The molecule has 7 atom stereocenters. The second-order valence-electron chi connectivity index (χ2n) is 29.0. The molecule has 0 radical (unpaired) electrons. The van der Waals surface area contributed by atoms with Gasteiger partial charge in [0.15, 0.2) is 12.2 Å². The van der Waals surface area contributed by atoms with Crippen LogP contribution in [0.25, 0.3) is 0 Å². The molecule has 100 heavy (non-hydrogen) atoms. The number of unbranched alkanes of at least 4 members (excludes halogenated alkanes) is 43. The number of phosphoric acid groups is 2. The molecular weight excluding hydrogens is 1310 g/mol. The summed E-state index contributed by atoms with van der Waals surface area (Å²) < 4.78 is 68.7. The molecule has 0 aromatic heterocycles. The van der Waals surface area contributed by atoms with Crippen LogP contribution in [0, 0.1) is 11.8 Å². The molecule has 0 amide bonds. The predicted octanol–water partition coefficient (Wildman–Crippen LogP) is 23.8. The van der Waals surface area contributed by atoms with Crippen LogP contribution in [0.3, 0.4) is 0 Å². The van der Waals surface area contributed by atoms with Crippen molar-refractivity contribution < 1.29 is 80.2 Å². The van der Waals surface area contributed by atoms with E-state index in [0.29, 0.717) is 25.7 Å². The highest BCUT2D eigenvalue weighted by molar-refractivity contribution is 7.47. The van der Waals surface area contributed by atoms with Crippen molar-refractivity contribution in [1.29, 1.82) is 0 Å². The maximum atomic E-state index is 13.1. The lowest BCUT2D eigenvalue weighted by Gasteiger charge is -2.21. The Bertz CT molecular complexity index is 2020. The summed E-state index contributed by atoms with van der Waals surface area (Å²) in [6, 6.07) is 0. The summed E-state index contributed by atoms with van der Waals surface area (Å²) in [7, 11) is -9.93. The van der Waals surface area contributed by atoms with E-state index in [-0.39, 0.29) is 25.7 Å². The van der Waals surface area contributed by atoms with Gasteiger partial charge in [-0.1, -0.05) is 348 Å². The lowest BCUT2D eigenvalue weighted by Crippen LogP contribution is -2.30. The third kappa shape index (κ3) is 71.2. The molecule has 17 nitrogen and oxygen atoms in total. The van der Waals surface area contributed by atoms with E-state index in [0.717, 1.165) is 121 Å². The summed E-state index contributed by atoms with van der Waals surface area (Å²) in [6.07, 6.45) is 64.4. The van der Waals surface area contributed by atoms with Gasteiger partial charge in [-0.05, 0) is 63.2 Å². The van der Waals surface area contributed by atoms with Crippen molar-refractivity contribution in [1.82, 2.24) is 0 Å². The summed E-state index contributed by atoms with van der Waals surface area (Å²) in [4.78, 5) is 73.0. The Morgan fingerprint density at radius 1 is 0.320 bits per heavy atom. The van der Waals surface area contributed by atoms with Gasteiger partial charge < -0.3 is 33.8 Å². The number of carbonyl (C=O) groups is 4. The van der Waals surface area contributed by atoms with Crippen LogP contribution in [0.2, 0.25) is 0 Å². The van der Waals surface area contributed by atoms with E-state index in [9.17, 15) is 43.2 Å². The summed E-state index contributed by atoms with van der Waals surface area (Å²) in [5, 5.41) is 10.6. The van der Waals surface area contributed by atoms with Crippen LogP contribution in [-0.4, -0.2) is 96.7 Å². The summed E-state index contributed by atoms with van der Waals surface area (Å²) in [5.74, 6) is -0.518. The second-order valence-corrected chi connectivity index (χ2v) is 31.9. The summed E-state index contributed by atoms with van der Waals surface area (Å²) in [5.41, 5.74) is 0. The minimum Gasteiger partial charge on any atom is -0.462 e. The average molecular weight is 1460 g/mol. The van der Waals surface area contributed by atoms with Gasteiger partial charge in [-0.2, -0.15) is 0 Å². The van der Waals surface area contributed by atoms with Crippen molar-refractivity contribution in [3.05, 3.63) is 24.3 Å². The SMILES string of the molecule is CCCCCC/C=C\C=C/CCCCCCCC(=O)OC[C@H](COP(=O)(O)OC[C@@H](O)COP(=O)(O)OC[C@@H](COC(=O)CCCCCCCCCCC(C)CC)OC(=O)CCCCCCCCCCCCCCCCC)OC(=O)CCCCCCCCCCCCCCCCC(C)CC. The van der Waals surface area contributed by atoms with Crippen LogP contribution in [0.15, 0.2) is 24.3 Å². The number of esters is 4. The zero-order valence-electron chi connectivity index (χ0n) is 65.0. The Morgan fingerprint density at radius 3 is 0.850 bits per heavy atom. The number of hydrogen-bond acceptors (Lipinski definition) is 15. The number of phosphoric ester groups is 2. The highest BCUT2D eigenvalue weighted by Crippen LogP contribution is 2.45. The first-order chi connectivity index (χ1) is 48.4. The number of ether oxygens (including phenoxy) is 4. The average Bonchev–Trinajstić information content (AvgIpc) is 0.917. The maximum absolute atomic E-state index is 13.1. The molecule has 0 rings (SSSR count). The van der Waals surface area contributed by atoms with Crippen molar-refractivity contribution in [2.75, 3.05) is 39.6 Å². The monoisotopic (exact) mass is 1460 g/mol. The van der Waals surface area contributed by atoms with E-state index < -0.39 is 97.5 Å². The Kier molecular flexibility index (Phi) is 70.3. The highest BCUT2D eigenvalue weighted by Gasteiger charge is 2.30. The molecule has 0 aromatic rings. The van der Waals surface area contributed by atoms with Crippen LogP contribution in [0.1, 0.15) is 401 Å². The fraction of sp³-hybridized carbons (Fsp3) is 0.901.